The third kappa shape index (κ3) is 2.75. The van der Waals surface area contributed by atoms with Crippen molar-refractivity contribution in [1.29, 1.82) is 0 Å². The SMILES string of the molecule is CCn1nc(C)c(C(C)NCC(O)C2CC2)c1C. The number of aliphatic hydroxyl groups is 1. The van der Waals surface area contributed by atoms with Crippen LogP contribution >= 0.6 is 0 Å². The number of aryl methyl sites for hydroxylation is 2. The van der Waals surface area contributed by atoms with E-state index < -0.39 is 0 Å². The maximum atomic E-state index is 9.89. The first-order chi connectivity index (χ1) is 8.54. The van der Waals surface area contributed by atoms with E-state index in [2.05, 4.69) is 38.1 Å². The zero-order valence-corrected chi connectivity index (χ0v) is 11.9. The molecule has 0 spiro atoms. The molecule has 1 saturated carbocycles. The highest BCUT2D eigenvalue weighted by Crippen LogP contribution is 2.32. The van der Waals surface area contributed by atoms with Crippen LogP contribution in [0.2, 0.25) is 0 Å². The van der Waals surface area contributed by atoms with Gasteiger partial charge in [0.05, 0.1) is 11.8 Å². The highest BCUT2D eigenvalue weighted by atomic mass is 16.3. The third-order valence-corrected chi connectivity index (χ3v) is 3.97. The largest absolute Gasteiger partial charge is 0.392 e. The first-order valence-electron chi connectivity index (χ1n) is 7.00. The second kappa shape index (κ2) is 5.41. The maximum absolute atomic E-state index is 9.89. The molecule has 4 heteroatoms. The third-order valence-electron chi connectivity index (χ3n) is 3.97. The molecule has 2 N–H and O–H groups in total. The molecule has 0 saturated heterocycles. The fourth-order valence-electron chi connectivity index (χ4n) is 2.69. The lowest BCUT2D eigenvalue weighted by Crippen LogP contribution is -2.30. The van der Waals surface area contributed by atoms with Gasteiger partial charge >= 0.3 is 0 Å². The van der Waals surface area contributed by atoms with Gasteiger partial charge in [-0.3, -0.25) is 4.68 Å². The number of rotatable bonds is 6. The molecule has 2 atom stereocenters. The smallest absolute Gasteiger partial charge is 0.0692 e. The number of nitrogens with zero attached hydrogens (tertiary/aromatic N) is 2. The van der Waals surface area contributed by atoms with Crippen molar-refractivity contribution in [2.24, 2.45) is 5.92 Å². The van der Waals surface area contributed by atoms with Crippen LogP contribution in [0, 0.1) is 19.8 Å². The molecule has 0 amide bonds. The quantitative estimate of drug-likeness (QED) is 0.812. The van der Waals surface area contributed by atoms with Crippen molar-refractivity contribution in [3.05, 3.63) is 17.0 Å². The maximum Gasteiger partial charge on any atom is 0.0692 e. The number of aliphatic hydroxyl groups excluding tert-OH is 1. The van der Waals surface area contributed by atoms with Gasteiger partial charge in [-0.05, 0) is 46.5 Å². The van der Waals surface area contributed by atoms with Gasteiger partial charge in [-0.1, -0.05) is 0 Å². The zero-order chi connectivity index (χ0) is 13.3. The van der Waals surface area contributed by atoms with Crippen LogP contribution in [0.4, 0.5) is 0 Å². The summed E-state index contributed by atoms with van der Waals surface area (Å²) in [6.45, 7) is 10.0. The summed E-state index contributed by atoms with van der Waals surface area (Å²) in [5.74, 6) is 0.533. The van der Waals surface area contributed by atoms with Gasteiger partial charge in [0.1, 0.15) is 0 Å². The summed E-state index contributed by atoms with van der Waals surface area (Å²) in [5.41, 5.74) is 3.60. The predicted molar refractivity (Wildman–Crippen MR) is 72.5 cm³/mol. The van der Waals surface area contributed by atoms with E-state index in [9.17, 15) is 5.11 Å². The minimum Gasteiger partial charge on any atom is -0.392 e. The minimum absolute atomic E-state index is 0.186. The molecule has 0 aliphatic heterocycles. The van der Waals surface area contributed by atoms with E-state index in [-0.39, 0.29) is 12.1 Å². The lowest BCUT2D eigenvalue weighted by atomic mass is 10.1. The summed E-state index contributed by atoms with van der Waals surface area (Å²) in [6, 6.07) is 0.249. The van der Waals surface area contributed by atoms with Crippen molar-refractivity contribution in [2.75, 3.05) is 6.54 Å². The second-order valence-electron chi connectivity index (χ2n) is 5.43. The Morgan fingerprint density at radius 2 is 2.11 bits per heavy atom. The highest BCUT2D eigenvalue weighted by molar-refractivity contribution is 5.27. The van der Waals surface area contributed by atoms with E-state index >= 15 is 0 Å². The van der Waals surface area contributed by atoms with Crippen LogP contribution in [-0.4, -0.2) is 27.5 Å². The standard InChI is InChI=1S/C14H25N3O/c1-5-17-11(4)14(10(3)16-17)9(2)15-8-13(18)12-6-7-12/h9,12-13,15,18H,5-8H2,1-4H3. The van der Waals surface area contributed by atoms with Gasteiger partial charge in [0.25, 0.3) is 0 Å². The predicted octanol–water partition coefficient (Wildman–Crippen LogP) is 1.94. The molecule has 1 aromatic heterocycles. The molecule has 0 aromatic carbocycles. The molecular formula is C14H25N3O. The van der Waals surface area contributed by atoms with Crippen molar-refractivity contribution >= 4 is 0 Å². The number of hydrogen-bond donors (Lipinski definition) is 2. The highest BCUT2D eigenvalue weighted by Gasteiger charge is 2.29. The zero-order valence-electron chi connectivity index (χ0n) is 11.9. The lowest BCUT2D eigenvalue weighted by Gasteiger charge is -2.17. The van der Waals surface area contributed by atoms with E-state index in [1.165, 1.54) is 24.1 Å². The Hall–Kier alpha value is -0.870. The summed E-state index contributed by atoms with van der Waals surface area (Å²) < 4.78 is 2.04. The number of hydrogen-bond acceptors (Lipinski definition) is 3. The molecular weight excluding hydrogens is 226 g/mol. The monoisotopic (exact) mass is 251 g/mol. The van der Waals surface area contributed by atoms with Crippen molar-refractivity contribution in [3.63, 3.8) is 0 Å². The Labute approximate surface area is 109 Å². The van der Waals surface area contributed by atoms with E-state index in [0.717, 1.165) is 12.2 Å². The van der Waals surface area contributed by atoms with E-state index in [1.54, 1.807) is 0 Å². The van der Waals surface area contributed by atoms with E-state index in [0.29, 0.717) is 12.5 Å². The molecule has 0 bridgehead atoms. The molecule has 1 aliphatic carbocycles. The van der Waals surface area contributed by atoms with E-state index in [4.69, 9.17) is 0 Å². The van der Waals surface area contributed by atoms with Gasteiger partial charge < -0.3 is 10.4 Å². The first-order valence-corrected chi connectivity index (χ1v) is 7.00. The Bertz CT molecular complexity index is 409. The van der Waals surface area contributed by atoms with Crippen LogP contribution in [-0.2, 0) is 6.54 Å². The van der Waals surface area contributed by atoms with Gasteiger partial charge in [-0.25, -0.2) is 0 Å². The topological polar surface area (TPSA) is 50.1 Å². The molecule has 102 valence electrons. The molecule has 2 unspecified atom stereocenters. The van der Waals surface area contributed by atoms with E-state index in [1.807, 2.05) is 4.68 Å². The Kier molecular flexibility index (Phi) is 4.07. The summed E-state index contributed by atoms with van der Waals surface area (Å²) in [7, 11) is 0. The van der Waals surface area contributed by atoms with Crippen LogP contribution < -0.4 is 5.32 Å². The van der Waals surface area contributed by atoms with Crippen molar-refractivity contribution < 1.29 is 5.11 Å². The van der Waals surface area contributed by atoms with Gasteiger partial charge in [-0.2, -0.15) is 5.10 Å². The second-order valence-corrected chi connectivity index (χ2v) is 5.43. The van der Waals surface area contributed by atoms with Crippen LogP contribution in [0.5, 0.6) is 0 Å². The van der Waals surface area contributed by atoms with Gasteiger partial charge in [0, 0.05) is 30.4 Å². The van der Waals surface area contributed by atoms with Crippen LogP contribution in [0.1, 0.15) is 49.7 Å². The van der Waals surface area contributed by atoms with Crippen molar-refractivity contribution in [2.45, 2.75) is 59.2 Å². The average Bonchev–Trinajstić information content (AvgIpc) is 3.13. The van der Waals surface area contributed by atoms with Gasteiger partial charge in [-0.15, -0.1) is 0 Å². The van der Waals surface area contributed by atoms with Crippen LogP contribution in [0.15, 0.2) is 0 Å². The summed E-state index contributed by atoms with van der Waals surface area (Å²) in [6.07, 6.45) is 2.18. The van der Waals surface area contributed by atoms with Gasteiger partial charge in [0.2, 0.25) is 0 Å². The molecule has 2 rings (SSSR count). The average molecular weight is 251 g/mol. The number of aromatic nitrogens is 2. The molecule has 18 heavy (non-hydrogen) atoms. The van der Waals surface area contributed by atoms with Crippen LogP contribution in [0.3, 0.4) is 0 Å². The van der Waals surface area contributed by atoms with Crippen LogP contribution in [0.25, 0.3) is 0 Å². The minimum atomic E-state index is -0.186. The number of nitrogens with one attached hydrogen (secondary N) is 1. The Morgan fingerprint density at radius 3 is 2.61 bits per heavy atom. The Balaban J connectivity index is 1.99. The Morgan fingerprint density at radius 1 is 1.44 bits per heavy atom. The fourth-order valence-corrected chi connectivity index (χ4v) is 2.69. The summed E-state index contributed by atoms with van der Waals surface area (Å²) >= 11 is 0. The van der Waals surface area contributed by atoms with Crippen molar-refractivity contribution in [1.82, 2.24) is 15.1 Å². The molecule has 1 aromatic rings. The normalized spacial score (nSPS) is 18.9. The summed E-state index contributed by atoms with van der Waals surface area (Å²) in [4.78, 5) is 0. The lowest BCUT2D eigenvalue weighted by molar-refractivity contribution is 0.145. The van der Waals surface area contributed by atoms with Crippen molar-refractivity contribution in [3.8, 4) is 0 Å². The fraction of sp³-hybridized carbons (Fsp3) is 0.786. The molecule has 1 fully saturated rings. The molecule has 1 aliphatic rings. The van der Waals surface area contributed by atoms with Gasteiger partial charge in [0.15, 0.2) is 0 Å². The summed E-state index contributed by atoms with van der Waals surface area (Å²) in [5, 5.41) is 17.9. The molecule has 0 radical (unpaired) electrons. The first kappa shape index (κ1) is 13.6. The molecule has 4 nitrogen and oxygen atoms in total. The molecule has 1 heterocycles.